The van der Waals surface area contributed by atoms with Crippen molar-refractivity contribution in [1.82, 2.24) is 0 Å². The first kappa shape index (κ1) is 35.6. The summed E-state index contributed by atoms with van der Waals surface area (Å²) in [4.78, 5) is 13.4. The summed E-state index contributed by atoms with van der Waals surface area (Å²) in [5.74, 6) is 0.720. The predicted octanol–water partition coefficient (Wildman–Crippen LogP) is -1.50. The molecule has 0 spiro atoms. The summed E-state index contributed by atoms with van der Waals surface area (Å²) in [6.45, 7) is -1.52. The lowest BCUT2D eigenvalue weighted by atomic mass is 9.97. The Morgan fingerprint density at radius 3 is 1.94 bits per heavy atom. The van der Waals surface area contributed by atoms with E-state index in [4.69, 9.17) is 42.3 Å². The van der Waals surface area contributed by atoms with Crippen LogP contribution >= 0.6 is 0 Å². The SMILES string of the molecule is COc1ccc(-c2cc(=O)c3c(OC)c(OC)c(O[C@@H]4OC(CO)[C@@H](O[C@@H]5OC(CO)[C@@H](O)[C@H](O)C5O)[C@H](O)C4O)cc3o2)cc1OC. The zero-order valence-corrected chi connectivity index (χ0v) is 26.3. The molecule has 3 heterocycles. The van der Waals surface area contributed by atoms with Crippen LogP contribution in [0, 0.1) is 0 Å². The summed E-state index contributed by atoms with van der Waals surface area (Å²) in [5.41, 5.74) is -0.0109. The van der Waals surface area contributed by atoms with Crippen molar-refractivity contribution in [3.63, 3.8) is 0 Å². The number of hydrogen-bond acceptors (Lipinski definition) is 17. The quantitative estimate of drug-likeness (QED) is 0.122. The summed E-state index contributed by atoms with van der Waals surface area (Å²) < 4.78 is 50.3. The Morgan fingerprint density at radius 1 is 0.667 bits per heavy atom. The average molecular weight is 683 g/mol. The van der Waals surface area contributed by atoms with E-state index >= 15 is 0 Å². The van der Waals surface area contributed by atoms with Crippen molar-refractivity contribution in [2.45, 2.75) is 61.4 Å². The molecule has 0 radical (unpaired) electrons. The van der Waals surface area contributed by atoms with Crippen LogP contribution in [0.15, 0.2) is 39.5 Å². The Balaban J connectivity index is 1.46. The maximum absolute atomic E-state index is 13.4. The lowest BCUT2D eigenvalue weighted by Gasteiger charge is -2.45. The molecule has 5 rings (SSSR count). The van der Waals surface area contributed by atoms with Crippen LogP contribution in [-0.4, -0.2) is 139 Å². The molecule has 2 aliphatic heterocycles. The van der Waals surface area contributed by atoms with Crippen LogP contribution < -0.4 is 29.1 Å². The Labute approximate surface area is 272 Å². The van der Waals surface area contributed by atoms with Gasteiger partial charge in [0.1, 0.15) is 65.6 Å². The number of fused-ring (bicyclic) bond motifs is 1. The lowest BCUT2D eigenvalue weighted by Crippen LogP contribution is -2.65. The molecular formula is C31H38O17. The van der Waals surface area contributed by atoms with Crippen molar-refractivity contribution in [3.05, 3.63) is 40.6 Å². The summed E-state index contributed by atoms with van der Waals surface area (Å²) in [5, 5.41) is 72.2. The van der Waals surface area contributed by atoms with Gasteiger partial charge in [-0.25, -0.2) is 0 Å². The molecule has 4 unspecified atom stereocenters. The van der Waals surface area contributed by atoms with Gasteiger partial charge in [-0.05, 0) is 18.2 Å². The third-order valence-corrected chi connectivity index (χ3v) is 8.17. The molecule has 17 nitrogen and oxygen atoms in total. The van der Waals surface area contributed by atoms with Gasteiger partial charge in [-0.15, -0.1) is 0 Å². The van der Waals surface area contributed by atoms with E-state index in [1.165, 1.54) is 40.6 Å². The number of methoxy groups -OCH3 is 4. The largest absolute Gasteiger partial charge is 0.493 e. The van der Waals surface area contributed by atoms with Crippen LogP contribution in [0.25, 0.3) is 22.3 Å². The lowest BCUT2D eigenvalue weighted by molar-refractivity contribution is -0.352. The fourth-order valence-corrected chi connectivity index (χ4v) is 5.63. The van der Waals surface area contributed by atoms with E-state index in [9.17, 15) is 40.5 Å². The van der Waals surface area contributed by atoms with Crippen molar-refractivity contribution in [2.24, 2.45) is 0 Å². The Hall–Kier alpha value is -3.75. The van der Waals surface area contributed by atoms with Gasteiger partial charge in [-0.2, -0.15) is 0 Å². The van der Waals surface area contributed by atoms with Gasteiger partial charge >= 0.3 is 0 Å². The van der Waals surface area contributed by atoms with Crippen LogP contribution in [0.1, 0.15) is 0 Å². The van der Waals surface area contributed by atoms with Crippen molar-refractivity contribution >= 4 is 11.0 Å². The fourth-order valence-electron chi connectivity index (χ4n) is 5.63. The topological polar surface area (TPSA) is 246 Å². The van der Waals surface area contributed by atoms with Gasteiger partial charge in [-0.3, -0.25) is 4.79 Å². The van der Waals surface area contributed by atoms with E-state index in [1.807, 2.05) is 0 Å². The van der Waals surface area contributed by atoms with E-state index in [0.717, 1.165) is 0 Å². The number of aliphatic hydroxyl groups is 7. The molecule has 0 bridgehead atoms. The van der Waals surface area contributed by atoms with Crippen LogP contribution in [0.2, 0.25) is 0 Å². The highest BCUT2D eigenvalue weighted by Gasteiger charge is 2.51. The second-order valence-electron chi connectivity index (χ2n) is 11.0. The molecule has 10 atom stereocenters. The minimum Gasteiger partial charge on any atom is -0.493 e. The molecule has 0 amide bonds. The monoisotopic (exact) mass is 682 g/mol. The number of rotatable bonds is 11. The van der Waals surface area contributed by atoms with Crippen molar-refractivity contribution in [3.8, 4) is 40.1 Å². The van der Waals surface area contributed by atoms with E-state index in [1.54, 1.807) is 18.2 Å². The molecule has 264 valence electrons. The fraction of sp³-hybridized carbons (Fsp3) is 0.516. The van der Waals surface area contributed by atoms with E-state index in [-0.39, 0.29) is 34.0 Å². The van der Waals surface area contributed by atoms with E-state index in [2.05, 4.69) is 0 Å². The highest BCUT2D eigenvalue weighted by Crippen LogP contribution is 2.44. The Bertz CT molecular complexity index is 1620. The Kier molecular flexibility index (Phi) is 11.0. The Morgan fingerprint density at radius 2 is 1.31 bits per heavy atom. The molecule has 48 heavy (non-hydrogen) atoms. The van der Waals surface area contributed by atoms with Gasteiger partial charge < -0.3 is 78.1 Å². The molecule has 0 saturated carbocycles. The molecule has 7 N–H and O–H groups in total. The second kappa shape index (κ2) is 14.8. The molecule has 2 fully saturated rings. The van der Waals surface area contributed by atoms with Gasteiger partial charge in [0, 0.05) is 17.7 Å². The third kappa shape index (κ3) is 6.49. The predicted molar refractivity (Wildman–Crippen MR) is 161 cm³/mol. The summed E-state index contributed by atoms with van der Waals surface area (Å²) in [7, 11) is 5.52. The first-order valence-electron chi connectivity index (χ1n) is 14.7. The van der Waals surface area contributed by atoms with Crippen LogP contribution in [0.3, 0.4) is 0 Å². The van der Waals surface area contributed by atoms with Gasteiger partial charge in [0.2, 0.25) is 12.0 Å². The highest BCUT2D eigenvalue weighted by molar-refractivity contribution is 5.90. The van der Waals surface area contributed by atoms with E-state index in [0.29, 0.717) is 17.1 Å². The first-order valence-corrected chi connectivity index (χ1v) is 14.7. The van der Waals surface area contributed by atoms with Gasteiger partial charge in [0.15, 0.2) is 34.7 Å². The summed E-state index contributed by atoms with van der Waals surface area (Å²) in [6, 6.07) is 7.48. The molecule has 0 aliphatic carbocycles. The molecule has 17 heteroatoms. The molecule has 2 aliphatic rings. The van der Waals surface area contributed by atoms with Crippen LogP contribution in [0.5, 0.6) is 28.7 Å². The number of hydrogen-bond donors (Lipinski definition) is 7. The standard InChI is InChI=1S/C31H38O17/c1-40-14-6-5-12(7-16(14)41-2)15-8-13(34)21-17(44-15)9-18(28(42-3)29(21)43-4)45-30-26(39)24(37)27(20(11-33)47-30)48-31-25(38)23(36)22(35)19(10-32)46-31/h5-9,19-20,22-27,30-33,35-39H,10-11H2,1-4H3/t19?,20?,22-,23+,24-,25?,26?,27-,30-,31+/m1/s1. The third-order valence-electron chi connectivity index (χ3n) is 8.17. The van der Waals surface area contributed by atoms with Crippen molar-refractivity contribution in [2.75, 3.05) is 41.7 Å². The van der Waals surface area contributed by atoms with Crippen LogP contribution in [0.4, 0.5) is 0 Å². The average Bonchev–Trinajstić information content (AvgIpc) is 3.10. The first-order chi connectivity index (χ1) is 23.0. The highest BCUT2D eigenvalue weighted by atomic mass is 16.7. The molecule has 2 aromatic carbocycles. The summed E-state index contributed by atoms with van der Waals surface area (Å²) >= 11 is 0. The van der Waals surface area contributed by atoms with E-state index < -0.39 is 80.1 Å². The molecule has 1 aromatic heterocycles. The number of aliphatic hydroxyl groups excluding tert-OH is 7. The smallest absolute Gasteiger partial charge is 0.229 e. The molecule has 3 aromatic rings. The summed E-state index contributed by atoms with van der Waals surface area (Å²) in [6.07, 6.45) is -16.6. The normalized spacial score (nSPS) is 30.6. The molecular weight excluding hydrogens is 644 g/mol. The van der Waals surface area contributed by atoms with Gasteiger partial charge in [0.05, 0.1) is 41.7 Å². The minimum absolute atomic E-state index is 0.00619. The van der Waals surface area contributed by atoms with Crippen molar-refractivity contribution < 1.29 is 78.1 Å². The number of ether oxygens (including phenoxy) is 8. The zero-order chi connectivity index (χ0) is 34.9. The second-order valence-corrected chi connectivity index (χ2v) is 11.0. The maximum Gasteiger partial charge on any atom is 0.229 e. The van der Waals surface area contributed by atoms with Gasteiger partial charge in [0.25, 0.3) is 0 Å². The van der Waals surface area contributed by atoms with Crippen LogP contribution in [-0.2, 0) is 14.2 Å². The maximum atomic E-state index is 13.4. The molecule has 2 saturated heterocycles. The minimum atomic E-state index is -1.86. The number of benzene rings is 2. The van der Waals surface area contributed by atoms with Gasteiger partial charge in [-0.1, -0.05) is 0 Å². The van der Waals surface area contributed by atoms with Crippen molar-refractivity contribution in [1.29, 1.82) is 0 Å². The zero-order valence-electron chi connectivity index (χ0n) is 26.3.